The van der Waals surface area contributed by atoms with Crippen molar-refractivity contribution < 1.29 is 4.79 Å². The largest absolute Gasteiger partial charge is 0.324 e. The average Bonchev–Trinajstić information content (AvgIpc) is 3.03. The average molecular weight is 407 g/mol. The number of aryl methyl sites for hydroxylation is 1. The van der Waals surface area contributed by atoms with E-state index in [0.29, 0.717) is 17.2 Å². The number of carbonyl (C=O) groups is 1. The first kappa shape index (κ1) is 16.5. The normalized spacial score (nSPS) is 10.8. The molecule has 2 aromatic carbocycles. The molecule has 0 saturated carbocycles. The fraction of sp³-hybridized carbons (Fsp3) is 0.0500. The first-order valence-corrected chi connectivity index (χ1v) is 8.89. The summed E-state index contributed by atoms with van der Waals surface area (Å²) in [5.41, 5.74) is 4.68. The van der Waals surface area contributed by atoms with Crippen LogP contribution in [-0.2, 0) is 0 Å². The maximum Gasteiger partial charge on any atom is 0.259 e. The predicted molar refractivity (Wildman–Crippen MR) is 106 cm³/mol. The molecule has 0 fully saturated rings. The lowest BCUT2D eigenvalue weighted by atomic mass is 10.1. The summed E-state index contributed by atoms with van der Waals surface area (Å²) in [6, 6.07) is 19.2. The molecule has 26 heavy (non-hydrogen) atoms. The van der Waals surface area contributed by atoms with Gasteiger partial charge in [-0.3, -0.25) is 15.1 Å². The van der Waals surface area contributed by atoms with Crippen LogP contribution in [0.25, 0.3) is 22.3 Å². The SMILES string of the molecule is Cc1nc(-c2cccc(Br)c2)ccc1C(=O)Nc1nc2ccccc2[nH]1. The molecule has 0 aliphatic carbocycles. The van der Waals surface area contributed by atoms with Crippen molar-refractivity contribution in [2.75, 3.05) is 5.32 Å². The van der Waals surface area contributed by atoms with Crippen molar-refractivity contribution in [1.82, 2.24) is 15.0 Å². The maximum absolute atomic E-state index is 12.6. The molecule has 5 nitrogen and oxygen atoms in total. The molecule has 6 heteroatoms. The molecule has 2 aromatic heterocycles. The van der Waals surface area contributed by atoms with E-state index >= 15 is 0 Å². The van der Waals surface area contributed by atoms with Crippen LogP contribution in [-0.4, -0.2) is 20.9 Å². The summed E-state index contributed by atoms with van der Waals surface area (Å²) in [6.07, 6.45) is 0. The van der Waals surface area contributed by atoms with E-state index in [-0.39, 0.29) is 5.91 Å². The number of anilines is 1. The summed E-state index contributed by atoms with van der Waals surface area (Å²) in [4.78, 5) is 24.6. The first-order chi connectivity index (χ1) is 12.6. The second-order valence-electron chi connectivity index (χ2n) is 5.90. The van der Waals surface area contributed by atoms with Gasteiger partial charge in [-0.25, -0.2) is 4.98 Å². The van der Waals surface area contributed by atoms with Gasteiger partial charge in [0.25, 0.3) is 5.91 Å². The predicted octanol–water partition coefficient (Wildman–Crippen LogP) is 4.95. The second kappa shape index (κ2) is 6.72. The van der Waals surface area contributed by atoms with Gasteiger partial charge < -0.3 is 4.98 Å². The monoisotopic (exact) mass is 406 g/mol. The Bertz CT molecular complexity index is 1090. The molecule has 4 rings (SSSR count). The van der Waals surface area contributed by atoms with Crippen molar-refractivity contribution in [3.05, 3.63) is 76.4 Å². The number of hydrogen-bond acceptors (Lipinski definition) is 3. The molecule has 0 aliphatic heterocycles. The van der Waals surface area contributed by atoms with E-state index in [2.05, 4.69) is 36.2 Å². The zero-order valence-corrected chi connectivity index (χ0v) is 15.5. The van der Waals surface area contributed by atoms with Gasteiger partial charge in [0.15, 0.2) is 0 Å². The quantitative estimate of drug-likeness (QED) is 0.505. The first-order valence-electron chi connectivity index (χ1n) is 8.10. The summed E-state index contributed by atoms with van der Waals surface area (Å²) in [7, 11) is 0. The molecule has 128 valence electrons. The fourth-order valence-corrected chi connectivity index (χ4v) is 3.20. The molecule has 0 unspecified atom stereocenters. The standard InChI is InChI=1S/C20H15BrN4O/c1-12-15(9-10-16(22-12)13-5-4-6-14(21)11-13)19(26)25-20-23-17-7-2-3-8-18(17)24-20/h2-11H,1H3,(H2,23,24,25,26). The van der Waals surface area contributed by atoms with Gasteiger partial charge in [-0.05, 0) is 43.3 Å². The Morgan fingerprint density at radius 3 is 2.65 bits per heavy atom. The van der Waals surface area contributed by atoms with E-state index in [1.54, 1.807) is 6.07 Å². The van der Waals surface area contributed by atoms with E-state index in [9.17, 15) is 4.79 Å². The number of H-pyrrole nitrogens is 1. The fourth-order valence-electron chi connectivity index (χ4n) is 2.80. The number of amides is 1. The number of rotatable bonds is 3. The minimum absolute atomic E-state index is 0.241. The van der Waals surface area contributed by atoms with Crippen LogP contribution in [0.15, 0.2) is 65.1 Å². The Labute approximate surface area is 158 Å². The van der Waals surface area contributed by atoms with Gasteiger partial charge in [-0.2, -0.15) is 0 Å². The highest BCUT2D eigenvalue weighted by atomic mass is 79.9. The summed E-state index contributed by atoms with van der Waals surface area (Å²) >= 11 is 3.46. The molecule has 0 atom stereocenters. The van der Waals surface area contributed by atoms with Gasteiger partial charge in [0.2, 0.25) is 5.95 Å². The lowest BCUT2D eigenvalue weighted by Gasteiger charge is -2.08. The van der Waals surface area contributed by atoms with Crippen LogP contribution in [0.4, 0.5) is 5.95 Å². The number of carbonyl (C=O) groups excluding carboxylic acids is 1. The minimum Gasteiger partial charge on any atom is -0.324 e. The van der Waals surface area contributed by atoms with Crippen LogP contribution in [0, 0.1) is 6.92 Å². The van der Waals surface area contributed by atoms with Gasteiger partial charge in [-0.1, -0.05) is 40.2 Å². The summed E-state index contributed by atoms with van der Waals surface area (Å²) in [5.74, 6) is 0.182. The third kappa shape index (κ3) is 3.23. The van der Waals surface area contributed by atoms with E-state index in [0.717, 1.165) is 26.8 Å². The minimum atomic E-state index is -0.241. The molecule has 0 aliphatic rings. The van der Waals surface area contributed by atoms with Crippen molar-refractivity contribution in [2.24, 2.45) is 0 Å². The summed E-state index contributed by atoms with van der Waals surface area (Å²) in [5, 5.41) is 2.80. The number of nitrogens with zero attached hydrogens (tertiary/aromatic N) is 2. The van der Waals surface area contributed by atoms with Crippen molar-refractivity contribution in [1.29, 1.82) is 0 Å². The number of nitrogens with one attached hydrogen (secondary N) is 2. The molecule has 0 bridgehead atoms. The number of aromatic nitrogens is 3. The van der Waals surface area contributed by atoms with Gasteiger partial charge in [0.1, 0.15) is 0 Å². The number of aromatic amines is 1. The third-order valence-electron chi connectivity index (χ3n) is 4.07. The van der Waals surface area contributed by atoms with Crippen molar-refractivity contribution >= 4 is 38.8 Å². The number of imidazole rings is 1. The Hall–Kier alpha value is -2.99. The molecule has 2 N–H and O–H groups in total. The lowest BCUT2D eigenvalue weighted by Crippen LogP contribution is -2.15. The van der Waals surface area contributed by atoms with E-state index in [1.807, 2.05) is 61.5 Å². The van der Waals surface area contributed by atoms with Crippen LogP contribution >= 0.6 is 15.9 Å². The van der Waals surface area contributed by atoms with E-state index < -0.39 is 0 Å². The molecule has 4 aromatic rings. The van der Waals surface area contributed by atoms with Gasteiger partial charge >= 0.3 is 0 Å². The zero-order valence-electron chi connectivity index (χ0n) is 14.0. The zero-order chi connectivity index (χ0) is 18.1. The van der Waals surface area contributed by atoms with Crippen molar-refractivity contribution in [3.8, 4) is 11.3 Å². The number of benzene rings is 2. The highest BCUT2D eigenvalue weighted by Gasteiger charge is 2.13. The molecular formula is C20H15BrN4O. The highest BCUT2D eigenvalue weighted by molar-refractivity contribution is 9.10. The third-order valence-corrected chi connectivity index (χ3v) is 4.57. The van der Waals surface area contributed by atoms with Crippen LogP contribution in [0.5, 0.6) is 0 Å². The molecule has 2 heterocycles. The van der Waals surface area contributed by atoms with Crippen molar-refractivity contribution in [3.63, 3.8) is 0 Å². The van der Waals surface area contributed by atoms with Crippen LogP contribution in [0.3, 0.4) is 0 Å². The number of hydrogen-bond donors (Lipinski definition) is 2. The van der Waals surface area contributed by atoms with Crippen LogP contribution < -0.4 is 5.32 Å². The Morgan fingerprint density at radius 2 is 1.88 bits per heavy atom. The molecule has 1 amide bonds. The topological polar surface area (TPSA) is 70.7 Å². The number of halogens is 1. The van der Waals surface area contributed by atoms with E-state index in [1.165, 1.54) is 0 Å². The number of fused-ring (bicyclic) bond motifs is 1. The van der Waals surface area contributed by atoms with Crippen LogP contribution in [0.1, 0.15) is 16.1 Å². The Balaban J connectivity index is 1.60. The van der Waals surface area contributed by atoms with Gasteiger partial charge in [0.05, 0.1) is 28.0 Å². The van der Waals surface area contributed by atoms with E-state index in [4.69, 9.17) is 0 Å². The molecule has 0 radical (unpaired) electrons. The number of para-hydroxylation sites is 2. The van der Waals surface area contributed by atoms with Gasteiger partial charge in [-0.15, -0.1) is 0 Å². The van der Waals surface area contributed by atoms with Crippen molar-refractivity contribution in [2.45, 2.75) is 6.92 Å². The molecule has 0 spiro atoms. The second-order valence-corrected chi connectivity index (χ2v) is 6.81. The smallest absolute Gasteiger partial charge is 0.259 e. The maximum atomic E-state index is 12.6. The lowest BCUT2D eigenvalue weighted by molar-refractivity contribution is 0.102. The Kier molecular flexibility index (Phi) is 4.26. The Morgan fingerprint density at radius 1 is 1.04 bits per heavy atom. The van der Waals surface area contributed by atoms with Gasteiger partial charge in [0, 0.05) is 10.0 Å². The molecule has 0 saturated heterocycles. The number of pyridine rings is 1. The highest BCUT2D eigenvalue weighted by Crippen LogP contribution is 2.23. The molecular weight excluding hydrogens is 392 g/mol. The summed E-state index contributed by atoms with van der Waals surface area (Å²) in [6.45, 7) is 1.83. The van der Waals surface area contributed by atoms with Crippen LogP contribution in [0.2, 0.25) is 0 Å². The summed E-state index contributed by atoms with van der Waals surface area (Å²) < 4.78 is 0.987.